The fraction of sp³-hybridized carbons (Fsp3) is 0.200. The summed E-state index contributed by atoms with van der Waals surface area (Å²) < 4.78 is 0. The van der Waals surface area contributed by atoms with Gasteiger partial charge in [0.15, 0.2) is 0 Å². The topological polar surface area (TPSA) is 80.9 Å². The molecule has 0 aliphatic heterocycles. The molecule has 8 bridgehead atoms. The van der Waals surface area contributed by atoms with Crippen molar-refractivity contribution in [2.75, 3.05) is 0 Å². The summed E-state index contributed by atoms with van der Waals surface area (Å²) in [6, 6.07) is 60.2. The minimum Gasteiger partial charge on any atom is -0.507 e. The van der Waals surface area contributed by atoms with Gasteiger partial charge in [-0.2, -0.15) is 0 Å². The first kappa shape index (κ1) is 46.9. The fourth-order valence-corrected chi connectivity index (χ4v) is 20.2. The Labute approximate surface area is 407 Å². The van der Waals surface area contributed by atoms with Gasteiger partial charge < -0.3 is 20.4 Å². The van der Waals surface area contributed by atoms with Gasteiger partial charge in [0.05, 0.1) is 0 Å². The molecule has 0 radical (unpaired) electrons. The van der Waals surface area contributed by atoms with E-state index >= 15 is 0 Å². The molecule has 344 valence electrons. The number of fused-ring (bicyclic) bond motifs is 8. The minimum atomic E-state index is -2.34. The normalized spacial score (nSPS) is 13.3. The molecule has 1 aliphatic rings. The quantitative estimate of drug-likeness (QED) is 0.115. The Balaban J connectivity index is 1.34. The van der Waals surface area contributed by atoms with Gasteiger partial charge in [-0.15, -0.1) is 0 Å². The highest BCUT2D eigenvalue weighted by Gasteiger charge is 2.34. The third-order valence-electron chi connectivity index (χ3n) is 15.5. The van der Waals surface area contributed by atoms with E-state index in [2.05, 4.69) is 222 Å². The number of hydrogen-bond acceptors (Lipinski definition) is 4. The molecule has 0 fully saturated rings. The molecule has 0 unspecified atom stereocenters. The van der Waals surface area contributed by atoms with Gasteiger partial charge in [-0.25, -0.2) is 0 Å². The summed E-state index contributed by atoms with van der Waals surface area (Å²) in [4.78, 5) is 0. The first-order chi connectivity index (χ1) is 32.3. The summed E-state index contributed by atoms with van der Waals surface area (Å²) >= 11 is 0. The van der Waals surface area contributed by atoms with Crippen LogP contribution in [0.25, 0.3) is 0 Å². The van der Waals surface area contributed by atoms with Gasteiger partial charge in [0.25, 0.3) is 0 Å². The maximum Gasteiger partial charge on any atom is 0.122 e. The molecule has 68 heavy (non-hydrogen) atoms. The zero-order valence-electron chi connectivity index (χ0n) is 40.8. The lowest BCUT2D eigenvalue weighted by molar-refractivity contribution is 0.451. The van der Waals surface area contributed by atoms with Gasteiger partial charge in [0.2, 0.25) is 0 Å². The van der Waals surface area contributed by atoms with Crippen LogP contribution >= 0.6 is 0 Å². The SMILES string of the molecule is C[Si](C)(c1ccccc1)c1cc2c(O)c(c1)Cc1cc([Si](C)(C)c3ccccc3)cc(c1O)Cc1cc([Si](C)(C)c3ccccc3)cc(c1O)Cc1cc([Si](C)(C)c3ccccc3)cc(c1O)C2. The van der Waals surface area contributed by atoms with E-state index in [0.29, 0.717) is 25.7 Å². The van der Waals surface area contributed by atoms with Crippen LogP contribution in [-0.4, -0.2) is 52.7 Å². The van der Waals surface area contributed by atoms with Crippen molar-refractivity contribution in [2.45, 2.75) is 78.1 Å². The van der Waals surface area contributed by atoms with Gasteiger partial charge >= 0.3 is 0 Å². The molecule has 0 saturated heterocycles. The van der Waals surface area contributed by atoms with Crippen molar-refractivity contribution in [3.63, 3.8) is 0 Å². The van der Waals surface area contributed by atoms with Crippen LogP contribution < -0.4 is 41.5 Å². The highest BCUT2D eigenvalue weighted by Crippen LogP contribution is 2.38. The Bertz CT molecular complexity index is 2630. The Kier molecular flexibility index (Phi) is 12.5. The smallest absolute Gasteiger partial charge is 0.122 e. The molecule has 0 heterocycles. The molecule has 8 aromatic rings. The molecule has 1 aliphatic carbocycles. The maximum atomic E-state index is 12.7. The van der Waals surface area contributed by atoms with Crippen molar-refractivity contribution in [3.8, 4) is 23.0 Å². The van der Waals surface area contributed by atoms with Crippen LogP contribution in [0.2, 0.25) is 52.4 Å². The molecule has 0 amide bonds. The predicted octanol–water partition coefficient (Wildman–Crippen LogP) is 8.48. The summed E-state index contributed by atoms with van der Waals surface area (Å²) in [5, 5.41) is 60.5. The molecule has 9 rings (SSSR count). The first-order valence-electron chi connectivity index (χ1n) is 24.0. The van der Waals surface area contributed by atoms with Crippen molar-refractivity contribution < 1.29 is 20.4 Å². The number of phenolic OH excluding ortho intramolecular Hbond substituents is 4. The summed E-state index contributed by atoms with van der Waals surface area (Å²) in [6.07, 6.45) is 1.20. The van der Waals surface area contributed by atoms with Crippen LogP contribution in [0.1, 0.15) is 44.5 Å². The maximum absolute atomic E-state index is 12.7. The Morgan fingerprint density at radius 1 is 0.235 bits per heavy atom. The van der Waals surface area contributed by atoms with Crippen LogP contribution in [0, 0.1) is 0 Å². The molecular weight excluding hydrogens is 897 g/mol. The van der Waals surface area contributed by atoms with Crippen molar-refractivity contribution in [1.82, 2.24) is 0 Å². The minimum absolute atomic E-state index is 0.191. The number of phenols is 4. The number of hydrogen-bond donors (Lipinski definition) is 4. The van der Waals surface area contributed by atoms with Crippen molar-refractivity contribution >= 4 is 73.8 Å². The van der Waals surface area contributed by atoms with Crippen LogP contribution in [0.4, 0.5) is 0 Å². The third-order valence-corrected chi connectivity index (χ3v) is 29.5. The fourth-order valence-electron chi connectivity index (χ4n) is 10.5. The van der Waals surface area contributed by atoms with E-state index in [1.54, 1.807) is 0 Å². The van der Waals surface area contributed by atoms with E-state index in [-0.39, 0.29) is 23.0 Å². The summed E-state index contributed by atoms with van der Waals surface area (Å²) in [5.41, 5.74) is 5.97. The van der Waals surface area contributed by atoms with Gasteiger partial charge in [-0.1, -0.05) is 264 Å². The van der Waals surface area contributed by atoms with Gasteiger partial charge in [0, 0.05) is 25.7 Å². The van der Waals surface area contributed by atoms with Crippen LogP contribution in [0.15, 0.2) is 170 Å². The van der Waals surface area contributed by atoms with Gasteiger partial charge in [-0.3, -0.25) is 0 Å². The molecule has 8 aromatic carbocycles. The van der Waals surface area contributed by atoms with E-state index in [9.17, 15) is 20.4 Å². The third kappa shape index (κ3) is 8.75. The number of benzene rings is 8. The van der Waals surface area contributed by atoms with Gasteiger partial charge in [-0.05, 0) is 44.5 Å². The standard InChI is InChI=1S/C60H64O4Si4/c1-65(2,49-21-13-9-14-22-49)53-33-41-29-43-35-54(66(3,4)50-23-15-10-16-24-50)37-45(58(43)62)31-47-39-56(68(7,8)52-27-19-12-20-28-52)40-48(60(47)64)32-46-38-55(67(5,6)51-25-17-11-18-26-51)36-44(59(46)63)30-42(34-53)57(41)61/h9-28,33-40,61-64H,29-32H2,1-8H3. The number of rotatable bonds is 8. The summed E-state index contributed by atoms with van der Waals surface area (Å²) in [6.45, 7) is 18.9. The van der Waals surface area contributed by atoms with Crippen LogP contribution in [0.5, 0.6) is 23.0 Å². The molecule has 0 saturated carbocycles. The first-order valence-corrected chi connectivity index (χ1v) is 36.0. The lowest BCUT2D eigenvalue weighted by atomic mass is 9.91. The van der Waals surface area contributed by atoms with Crippen LogP contribution in [-0.2, 0) is 25.7 Å². The molecule has 4 nitrogen and oxygen atoms in total. The molecule has 4 N–H and O–H groups in total. The lowest BCUT2D eigenvalue weighted by Crippen LogP contribution is -2.53. The van der Waals surface area contributed by atoms with Crippen molar-refractivity contribution in [2.24, 2.45) is 0 Å². The van der Waals surface area contributed by atoms with E-state index < -0.39 is 32.3 Å². The zero-order chi connectivity index (χ0) is 48.2. The Morgan fingerprint density at radius 2 is 0.382 bits per heavy atom. The second-order valence-electron chi connectivity index (χ2n) is 21.2. The van der Waals surface area contributed by atoms with E-state index in [0.717, 1.165) is 44.5 Å². The average Bonchev–Trinajstić information content (AvgIpc) is 3.34. The summed E-state index contributed by atoms with van der Waals surface area (Å²) in [7, 11) is -9.37. The average molecular weight is 962 g/mol. The zero-order valence-corrected chi connectivity index (χ0v) is 44.8. The molecule has 8 heteroatoms. The highest BCUT2D eigenvalue weighted by atomic mass is 28.3. The van der Waals surface area contributed by atoms with Crippen molar-refractivity contribution in [1.29, 1.82) is 0 Å². The van der Waals surface area contributed by atoms with E-state index in [1.807, 2.05) is 0 Å². The monoisotopic (exact) mass is 960 g/mol. The van der Waals surface area contributed by atoms with Gasteiger partial charge in [0.1, 0.15) is 55.3 Å². The van der Waals surface area contributed by atoms with Crippen molar-refractivity contribution in [3.05, 3.63) is 214 Å². The van der Waals surface area contributed by atoms with E-state index in [4.69, 9.17) is 0 Å². The van der Waals surface area contributed by atoms with E-state index in [1.165, 1.54) is 41.5 Å². The second kappa shape index (κ2) is 18.1. The molecule has 0 spiro atoms. The predicted molar refractivity (Wildman–Crippen MR) is 296 cm³/mol. The lowest BCUT2D eigenvalue weighted by Gasteiger charge is -2.29. The molecular formula is C60H64O4Si4. The highest BCUT2D eigenvalue weighted by molar-refractivity contribution is 7.02. The Morgan fingerprint density at radius 3 is 0.529 bits per heavy atom. The Hall–Kier alpha value is -6.17. The largest absolute Gasteiger partial charge is 0.507 e. The molecule has 0 atom stereocenters. The van der Waals surface area contributed by atoms with Crippen LogP contribution in [0.3, 0.4) is 0 Å². The summed E-state index contributed by atoms with van der Waals surface area (Å²) in [5.74, 6) is 0.764. The number of aromatic hydroxyl groups is 4. The second-order valence-corrected chi connectivity index (χ2v) is 38.9. The molecule has 0 aromatic heterocycles.